The molecular formula is C15H30N2. The maximum absolute atomic E-state index is 4.17. The highest BCUT2D eigenvalue weighted by atomic mass is 15.1. The zero-order valence-corrected chi connectivity index (χ0v) is 12.1. The summed E-state index contributed by atoms with van der Waals surface area (Å²) in [4.78, 5) is 2.56. The van der Waals surface area contributed by atoms with E-state index in [1.165, 1.54) is 31.5 Å². The summed E-state index contributed by atoms with van der Waals surface area (Å²) in [6, 6.07) is 0.554. The van der Waals surface area contributed by atoms with Gasteiger partial charge in [-0.2, -0.15) is 0 Å². The molecule has 2 nitrogen and oxygen atoms in total. The molecule has 17 heavy (non-hydrogen) atoms. The lowest BCUT2D eigenvalue weighted by Crippen LogP contribution is -2.38. The Labute approximate surface area is 107 Å². The largest absolute Gasteiger partial charge is 0.311 e. The normalized spacial score (nSPS) is 19.2. The van der Waals surface area contributed by atoms with Gasteiger partial charge in [-0.1, -0.05) is 34.3 Å². The molecular weight excluding hydrogens is 208 g/mol. The minimum Gasteiger partial charge on any atom is -0.311 e. The first-order valence-corrected chi connectivity index (χ1v) is 7.11. The third-order valence-corrected chi connectivity index (χ3v) is 3.78. The fourth-order valence-electron chi connectivity index (χ4n) is 2.50. The van der Waals surface area contributed by atoms with Gasteiger partial charge < -0.3 is 5.32 Å². The van der Waals surface area contributed by atoms with E-state index in [1.54, 1.807) is 0 Å². The predicted molar refractivity (Wildman–Crippen MR) is 76.3 cm³/mol. The predicted octanol–water partition coefficient (Wildman–Crippen LogP) is 2.91. The van der Waals surface area contributed by atoms with Crippen LogP contribution in [0.1, 0.15) is 40.5 Å². The lowest BCUT2D eigenvalue weighted by Gasteiger charge is -2.34. The maximum atomic E-state index is 4.17. The van der Waals surface area contributed by atoms with E-state index >= 15 is 0 Å². The van der Waals surface area contributed by atoms with Crippen LogP contribution in [0.5, 0.6) is 0 Å². The van der Waals surface area contributed by atoms with Crippen molar-refractivity contribution < 1.29 is 0 Å². The Balaban J connectivity index is 2.19. The SMILES string of the molecule is C=C(CNC(C)C)CN1CCC(C(C)C)CC1. The van der Waals surface area contributed by atoms with Crippen molar-refractivity contribution in [3.05, 3.63) is 12.2 Å². The van der Waals surface area contributed by atoms with Gasteiger partial charge in [0.2, 0.25) is 0 Å². The monoisotopic (exact) mass is 238 g/mol. The average Bonchev–Trinajstić information content (AvgIpc) is 2.27. The van der Waals surface area contributed by atoms with E-state index < -0.39 is 0 Å². The number of nitrogens with one attached hydrogen (secondary N) is 1. The van der Waals surface area contributed by atoms with E-state index in [9.17, 15) is 0 Å². The van der Waals surface area contributed by atoms with Crippen molar-refractivity contribution in [3.63, 3.8) is 0 Å². The van der Waals surface area contributed by atoms with Crippen molar-refractivity contribution in [1.82, 2.24) is 10.2 Å². The molecule has 2 heteroatoms. The third kappa shape index (κ3) is 5.69. The first-order chi connectivity index (χ1) is 7.99. The average molecular weight is 238 g/mol. The first-order valence-electron chi connectivity index (χ1n) is 7.11. The number of nitrogens with zero attached hydrogens (tertiary/aromatic N) is 1. The second-order valence-corrected chi connectivity index (χ2v) is 6.14. The zero-order valence-electron chi connectivity index (χ0n) is 12.1. The fourth-order valence-corrected chi connectivity index (χ4v) is 2.50. The first kappa shape index (κ1) is 14.7. The number of hydrogen-bond acceptors (Lipinski definition) is 2. The van der Waals surface area contributed by atoms with Gasteiger partial charge in [-0.05, 0) is 43.3 Å². The molecule has 1 aliphatic rings. The van der Waals surface area contributed by atoms with Gasteiger partial charge in [0, 0.05) is 19.1 Å². The number of rotatable bonds is 6. The molecule has 0 aliphatic carbocycles. The molecule has 1 fully saturated rings. The highest BCUT2D eigenvalue weighted by molar-refractivity contribution is 5.00. The highest BCUT2D eigenvalue weighted by Gasteiger charge is 2.21. The summed E-state index contributed by atoms with van der Waals surface area (Å²) >= 11 is 0. The molecule has 100 valence electrons. The molecule has 0 aromatic heterocycles. The molecule has 0 unspecified atom stereocenters. The van der Waals surface area contributed by atoms with Crippen LogP contribution in [0, 0.1) is 11.8 Å². The smallest absolute Gasteiger partial charge is 0.0202 e. The van der Waals surface area contributed by atoms with Crippen LogP contribution in [0.25, 0.3) is 0 Å². The summed E-state index contributed by atoms with van der Waals surface area (Å²) in [5.74, 6) is 1.79. The summed E-state index contributed by atoms with van der Waals surface area (Å²) in [6.45, 7) is 17.8. The Morgan fingerprint density at radius 1 is 1.24 bits per heavy atom. The molecule has 0 amide bonds. The van der Waals surface area contributed by atoms with Crippen molar-refractivity contribution >= 4 is 0 Å². The van der Waals surface area contributed by atoms with Crippen LogP contribution in [-0.4, -0.2) is 37.1 Å². The van der Waals surface area contributed by atoms with E-state index in [0.717, 1.165) is 24.9 Å². The van der Waals surface area contributed by atoms with E-state index in [2.05, 4.69) is 44.5 Å². The fraction of sp³-hybridized carbons (Fsp3) is 0.867. The number of hydrogen-bond donors (Lipinski definition) is 1. The highest BCUT2D eigenvalue weighted by Crippen LogP contribution is 2.24. The minimum absolute atomic E-state index is 0.554. The van der Waals surface area contributed by atoms with Gasteiger partial charge in [-0.25, -0.2) is 0 Å². The zero-order chi connectivity index (χ0) is 12.8. The van der Waals surface area contributed by atoms with Gasteiger partial charge >= 0.3 is 0 Å². The summed E-state index contributed by atoms with van der Waals surface area (Å²) < 4.78 is 0. The van der Waals surface area contributed by atoms with Gasteiger partial charge in [0.05, 0.1) is 0 Å². The topological polar surface area (TPSA) is 15.3 Å². The van der Waals surface area contributed by atoms with Gasteiger partial charge in [-0.15, -0.1) is 0 Å². The van der Waals surface area contributed by atoms with E-state index in [0.29, 0.717) is 6.04 Å². The van der Waals surface area contributed by atoms with Crippen molar-refractivity contribution in [2.45, 2.75) is 46.6 Å². The van der Waals surface area contributed by atoms with Crippen LogP contribution < -0.4 is 5.32 Å². The minimum atomic E-state index is 0.554. The van der Waals surface area contributed by atoms with E-state index in [4.69, 9.17) is 0 Å². The molecule has 0 saturated carbocycles. The second kappa shape index (κ2) is 7.17. The van der Waals surface area contributed by atoms with Gasteiger partial charge in [-0.3, -0.25) is 4.90 Å². The summed E-state index contributed by atoms with van der Waals surface area (Å²) in [7, 11) is 0. The second-order valence-electron chi connectivity index (χ2n) is 6.14. The summed E-state index contributed by atoms with van der Waals surface area (Å²) in [5, 5.41) is 3.44. The third-order valence-electron chi connectivity index (χ3n) is 3.78. The van der Waals surface area contributed by atoms with Crippen LogP contribution in [0.4, 0.5) is 0 Å². The Bertz CT molecular complexity index is 225. The maximum Gasteiger partial charge on any atom is 0.0202 e. The van der Waals surface area contributed by atoms with Gasteiger partial charge in [0.15, 0.2) is 0 Å². The Kier molecular flexibility index (Phi) is 6.21. The van der Waals surface area contributed by atoms with E-state index in [-0.39, 0.29) is 0 Å². The van der Waals surface area contributed by atoms with Crippen LogP contribution in [0.3, 0.4) is 0 Å². The van der Waals surface area contributed by atoms with Gasteiger partial charge in [0.1, 0.15) is 0 Å². The lowest BCUT2D eigenvalue weighted by molar-refractivity contribution is 0.167. The Morgan fingerprint density at radius 3 is 2.29 bits per heavy atom. The Hall–Kier alpha value is -0.340. The van der Waals surface area contributed by atoms with Crippen molar-refractivity contribution in [2.24, 2.45) is 11.8 Å². The lowest BCUT2D eigenvalue weighted by atomic mass is 9.86. The van der Waals surface area contributed by atoms with Crippen LogP contribution in [0.15, 0.2) is 12.2 Å². The number of piperidine rings is 1. The molecule has 1 heterocycles. The molecule has 1 rings (SSSR count). The van der Waals surface area contributed by atoms with Crippen molar-refractivity contribution in [2.75, 3.05) is 26.2 Å². The Morgan fingerprint density at radius 2 is 1.82 bits per heavy atom. The van der Waals surface area contributed by atoms with Gasteiger partial charge in [0.25, 0.3) is 0 Å². The quantitative estimate of drug-likeness (QED) is 0.716. The van der Waals surface area contributed by atoms with Crippen LogP contribution in [-0.2, 0) is 0 Å². The number of likely N-dealkylation sites (tertiary alicyclic amines) is 1. The molecule has 1 aliphatic heterocycles. The summed E-state index contributed by atoms with van der Waals surface area (Å²) in [5.41, 5.74) is 1.32. The molecule has 0 spiro atoms. The van der Waals surface area contributed by atoms with E-state index in [1.807, 2.05) is 0 Å². The molecule has 0 aromatic carbocycles. The van der Waals surface area contributed by atoms with Crippen LogP contribution >= 0.6 is 0 Å². The molecule has 0 bridgehead atoms. The van der Waals surface area contributed by atoms with Crippen LogP contribution in [0.2, 0.25) is 0 Å². The molecule has 0 atom stereocenters. The standard InChI is InChI=1S/C15H30N2/c1-12(2)15-6-8-17(9-7-15)11-14(5)10-16-13(3)4/h12-13,15-16H,5-11H2,1-4H3. The summed E-state index contributed by atoms with van der Waals surface area (Å²) in [6.07, 6.45) is 2.73. The molecule has 1 saturated heterocycles. The van der Waals surface area contributed by atoms with Crippen molar-refractivity contribution in [1.29, 1.82) is 0 Å². The molecule has 0 radical (unpaired) electrons. The molecule has 1 N–H and O–H groups in total. The molecule has 0 aromatic rings. The van der Waals surface area contributed by atoms with Crippen molar-refractivity contribution in [3.8, 4) is 0 Å².